The number of carbonyl (C=O) groups excluding carboxylic acids is 1. The van der Waals surface area contributed by atoms with Gasteiger partial charge in [-0.1, -0.05) is 141 Å². The van der Waals surface area contributed by atoms with E-state index in [0.717, 1.165) is 44.2 Å². The second kappa shape index (κ2) is 25.6. The maximum absolute atomic E-state index is 14.7. The Labute approximate surface area is 326 Å². The van der Waals surface area contributed by atoms with Crippen LogP contribution in [-0.4, -0.2) is 18.6 Å². The molecule has 0 aliphatic rings. The van der Waals surface area contributed by atoms with Gasteiger partial charge in [0, 0.05) is 6.07 Å². The lowest BCUT2D eigenvalue weighted by atomic mass is 10.0. The minimum atomic E-state index is -5.30. The molecule has 0 saturated carbocycles. The summed E-state index contributed by atoms with van der Waals surface area (Å²) in [4.78, 5) is 13.4. The van der Waals surface area contributed by atoms with Crippen molar-refractivity contribution in [3.8, 4) is 11.5 Å². The summed E-state index contributed by atoms with van der Waals surface area (Å²) in [5.74, 6) is -17.4. The van der Waals surface area contributed by atoms with Gasteiger partial charge in [0.25, 0.3) is 0 Å². The molecule has 0 saturated heterocycles. The molecule has 312 valence electrons. The number of unbranched alkanes of at least 4 members (excludes halogenated alkanes) is 18. The molecule has 0 unspecified atom stereocenters. The molecule has 2 atom stereocenters. The van der Waals surface area contributed by atoms with Gasteiger partial charge in [0.05, 0.1) is 6.61 Å². The first-order valence-electron chi connectivity index (χ1n) is 19.9. The van der Waals surface area contributed by atoms with Crippen LogP contribution in [0.3, 0.4) is 0 Å². The van der Waals surface area contributed by atoms with Crippen LogP contribution in [0.2, 0.25) is 0 Å². The molecular formula is C42H55F7NO5P. The Balaban J connectivity index is 1.51. The Morgan fingerprint density at radius 1 is 0.589 bits per heavy atom. The molecule has 0 bridgehead atoms. The first-order chi connectivity index (χ1) is 26.9. The highest BCUT2D eigenvalue weighted by Gasteiger charge is 2.40. The second-order valence-corrected chi connectivity index (χ2v) is 15.7. The zero-order chi connectivity index (χ0) is 40.8. The predicted octanol–water partition coefficient (Wildman–Crippen LogP) is 13.4. The van der Waals surface area contributed by atoms with Crippen molar-refractivity contribution in [2.45, 2.75) is 141 Å². The Morgan fingerprint density at radius 2 is 1.02 bits per heavy atom. The average Bonchev–Trinajstić information content (AvgIpc) is 3.17. The number of ether oxygens (including phenoxy) is 1. The quantitative estimate of drug-likeness (QED) is 0.0188. The number of carbonyl (C=O) groups is 1. The van der Waals surface area contributed by atoms with Crippen molar-refractivity contribution in [2.75, 3.05) is 6.61 Å². The highest BCUT2D eigenvalue weighted by molar-refractivity contribution is 7.52. The molecule has 0 spiro atoms. The minimum Gasteiger partial charge on any atom is -0.465 e. The third-order valence-corrected chi connectivity index (χ3v) is 10.8. The monoisotopic (exact) mass is 817 g/mol. The standard InChI is InChI=1S/C42H55F7NO5P/c1-2-3-4-5-6-7-8-9-10-11-12-13-14-15-16-17-18-19-23-26-53-42(51)35(29-31-27-32(43)30-33(44)28-31)50-56(52,54-34-24-21-20-22-25-34)55-41-39(48)37(46)36(45)38(47)40(41)49/h20-22,24-25,27-28,30,35H,2-19,23,26,29H2,1H3,(H,50,52)/t35-,56-/m0/s1. The summed E-state index contributed by atoms with van der Waals surface area (Å²) in [5, 5.41) is 2.15. The van der Waals surface area contributed by atoms with E-state index in [2.05, 4.69) is 12.0 Å². The number of hydrogen-bond donors (Lipinski definition) is 1. The molecule has 3 aromatic rings. The lowest BCUT2D eigenvalue weighted by molar-refractivity contribution is -0.145. The highest BCUT2D eigenvalue weighted by atomic mass is 31.2. The van der Waals surface area contributed by atoms with E-state index < -0.39 is 72.6 Å². The van der Waals surface area contributed by atoms with Gasteiger partial charge in [-0.15, -0.1) is 0 Å². The van der Waals surface area contributed by atoms with Crippen LogP contribution in [0.25, 0.3) is 0 Å². The van der Waals surface area contributed by atoms with Crippen molar-refractivity contribution < 1.29 is 53.9 Å². The zero-order valence-corrected chi connectivity index (χ0v) is 33.1. The lowest BCUT2D eigenvalue weighted by Gasteiger charge is -2.25. The van der Waals surface area contributed by atoms with E-state index in [-0.39, 0.29) is 17.9 Å². The molecule has 0 fully saturated rings. The molecule has 0 heterocycles. The van der Waals surface area contributed by atoms with Crippen LogP contribution in [-0.2, 0) is 20.5 Å². The lowest BCUT2D eigenvalue weighted by Crippen LogP contribution is -2.40. The Kier molecular flexibility index (Phi) is 21.4. The van der Waals surface area contributed by atoms with Gasteiger partial charge in [-0.05, 0) is 42.7 Å². The summed E-state index contributed by atoms with van der Waals surface area (Å²) < 4.78 is 129. The fourth-order valence-electron chi connectivity index (χ4n) is 6.27. The molecule has 0 aliphatic carbocycles. The summed E-state index contributed by atoms with van der Waals surface area (Å²) in [7, 11) is -5.30. The molecule has 0 amide bonds. The van der Waals surface area contributed by atoms with E-state index in [1.54, 1.807) is 0 Å². The number of nitrogens with one attached hydrogen (secondary N) is 1. The topological polar surface area (TPSA) is 73.9 Å². The van der Waals surface area contributed by atoms with E-state index in [1.165, 1.54) is 114 Å². The number of para-hydroxylation sites is 1. The summed E-state index contributed by atoms with van der Waals surface area (Å²) in [5.41, 5.74) is -0.122. The van der Waals surface area contributed by atoms with Crippen LogP contribution < -0.4 is 14.1 Å². The number of benzene rings is 3. The van der Waals surface area contributed by atoms with E-state index in [0.29, 0.717) is 12.5 Å². The molecule has 14 heteroatoms. The van der Waals surface area contributed by atoms with Crippen LogP contribution in [0.1, 0.15) is 134 Å². The van der Waals surface area contributed by atoms with Crippen molar-refractivity contribution in [1.29, 1.82) is 0 Å². The molecule has 0 aliphatic heterocycles. The van der Waals surface area contributed by atoms with Crippen LogP contribution in [0.15, 0.2) is 48.5 Å². The van der Waals surface area contributed by atoms with Crippen molar-refractivity contribution in [3.63, 3.8) is 0 Å². The fraction of sp³-hybridized carbons (Fsp3) is 0.548. The Morgan fingerprint density at radius 3 is 1.48 bits per heavy atom. The first kappa shape index (κ1) is 46.8. The minimum absolute atomic E-state index is 0.0876. The largest absolute Gasteiger partial charge is 0.513 e. The van der Waals surface area contributed by atoms with E-state index in [4.69, 9.17) is 13.8 Å². The zero-order valence-electron chi connectivity index (χ0n) is 32.2. The van der Waals surface area contributed by atoms with Gasteiger partial charge in [0.15, 0.2) is 0 Å². The SMILES string of the molecule is CCCCCCCCCCCCCCCCCCCCCOC(=O)[C@H](Cc1cc(F)cc(F)c1)N[P@](=O)(Oc1ccccc1)Oc1c(F)c(F)c(F)c(F)c1F. The summed E-state index contributed by atoms with van der Waals surface area (Å²) in [6.45, 7) is 2.15. The van der Waals surface area contributed by atoms with Crippen LogP contribution >= 0.6 is 7.75 Å². The van der Waals surface area contributed by atoms with E-state index >= 15 is 0 Å². The normalized spacial score (nSPS) is 13.0. The predicted molar refractivity (Wildman–Crippen MR) is 203 cm³/mol. The van der Waals surface area contributed by atoms with Gasteiger partial charge in [-0.25, -0.2) is 26.5 Å². The van der Waals surface area contributed by atoms with Crippen molar-refractivity contribution in [2.24, 2.45) is 0 Å². The van der Waals surface area contributed by atoms with Gasteiger partial charge < -0.3 is 13.8 Å². The number of esters is 1. The van der Waals surface area contributed by atoms with Crippen LogP contribution in [0.4, 0.5) is 30.7 Å². The smallest absolute Gasteiger partial charge is 0.465 e. The number of halogens is 7. The third-order valence-electron chi connectivity index (χ3n) is 9.30. The molecule has 1 N–H and O–H groups in total. The third kappa shape index (κ3) is 16.9. The molecule has 0 aromatic heterocycles. The van der Waals surface area contributed by atoms with Crippen molar-refractivity contribution in [3.05, 3.63) is 94.8 Å². The second-order valence-electron chi connectivity index (χ2n) is 14.1. The summed E-state index contributed by atoms with van der Waals surface area (Å²) in [6.07, 6.45) is 21.8. The van der Waals surface area contributed by atoms with Gasteiger partial charge in [0.1, 0.15) is 23.4 Å². The van der Waals surface area contributed by atoms with Gasteiger partial charge in [0.2, 0.25) is 34.8 Å². The Hall–Kier alpha value is -3.57. The first-order valence-corrected chi connectivity index (χ1v) is 21.4. The maximum atomic E-state index is 14.7. The Bertz CT molecular complexity index is 1620. The van der Waals surface area contributed by atoms with Crippen LogP contribution in [0, 0.1) is 40.7 Å². The van der Waals surface area contributed by atoms with Gasteiger partial charge in [-0.2, -0.15) is 13.9 Å². The summed E-state index contributed by atoms with van der Waals surface area (Å²) >= 11 is 0. The maximum Gasteiger partial charge on any atom is 0.513 e. The molecular weight excluding hydrogens is 762 g/mol. The van der Waals surface area contributed by atoms with Crippen LogP contribution in [0.5, 0.6) is 11.5 Å². The fourth-order valence-corrected chi connectivity index (χ4v) is 7.79. The van der Waals surface area contributed by atoms with Crippen molar-refractivity contribution in [1.82, 2.24) is 5.09 Å². The number of rotatable bonds is 29. The van der Waals surface area contributed by atoms with E-state index in [1.807, 2.05) is 0 Å². The average molecular weight is 818 g/mol. The van der Waals surface area contributed by atoms with E-state index in [9.17, 15) is 40.1 Å². The molecule has 56 heavy (non-hydrogen) atoms. The molecule has 3 aromatic carbocycles. The van der Waals surface area contributed by atoms with Crippen molar-refractivity contribution >= 4 is 13.7 Å². The highest BCUT2D eigenvalue weighted by Crippen LogP contribution is 2.48. The number of hydrogen-bond acceptors (Lipinski definition) is 5. The summed E-state index contributed by atoms with van der Waals surface area (Å²) in [6, 6.07) is 7.41. The van der Waals surface area contributed by atoms with Gasteiger partial charge >= 0.3 is 13.7 Å². The van der Waals surface area contributed by atoms with Gasteiger partial charge in [-0.3, -0.25) is 4.79 Å². The molecule has 3 rings (SSSR count). The molecule has 0 radical (unpaired) electrons. The molecule has 6 nitrogen and oxygen atoms in total.